The van der Waals surface area contributed by atoms with Gasteiger partial charge in [-0.3, -0.25) is 0 Å². The van der Waals surface area contributed by atoms with Crippen molar-refractivity contribution in [3.63, 3.8) is 0 Å². The highest BCUT2D eigenvalue weighted by molar-refractivity contribution is 9.10. The smallest absolute Gasteiger partial charge is 0.420 e. The van der Waals surface area contributed by atoms with Crippen LogP contribution in [0.2, 0.25) is 0 Å². The molecule has 0 saturated carbocycles. The molecule has 0 atom stereocenters. The number of hydrogen-bond donors (Lipinski definition) is 2. The fourth-order valence-corrected chi connectivity index (χ4v) is 1.53. The lowest BCUT2D eigenvalue weighted by molar-refractivity contribution is -0.139. The zero-order valence-corrected chi connectivity index (χ0v) is 10.5. The highest BCUT2D eigenvalue weighted by atomic mass is 79.9. The highest BCUT2D eigenvalue weighted by Crippen LogP contribution is 2.37. The van der Waals surface area contributed by atoms with Gasteiger partial charge in [0.2, 0.25) is 0 Å². The molecular formula is C10H9BrF3NO3. The maximum Gasteiger partial charge on any atom is 0.420 e. The van der Waals surface area contributed by atoms with Crippen LogP contribution in [0, 0.1) is 0 Å². The van der Waals surface area contributed by atoms with Gasteiger partial charge >= 0.3 is 12.3 Å². The fraction of sp³-hybridized carbons (Fsp3) is 0.300. The number of rotatable bonds is 4. The van der Waals surface area contributed by atoms with E-state index in [4.69, 9.17) is 9.84 Å². The van der Waals surface area contributed by atoms with Gasteiger partial charge in [0.05, 0.1) is 12.1 Å². The lowest BCUT2D eigenvalue weighted by Crippen LogP contribution is -2.26. The lowest BCUT2D eigenvalue weighted by Gasteiger charge is -2.14. The second-order valence-electron chi connectivity index (χ2n) is 3.22. The number of hydrogen-bond acceptors (Lipinski definition) is 2. The Bertz CT molecular complexity index is 437. The highest BCUT2D eigenvalue weighted by Gasteiger charge is 2.34. The molecule has 0 unspecified atom stereocenters. The summed E-state index contributed by atoms with van der Waals surface area (Å²) >= 11 is 2.94. The lowest BCUT2D eigenvalue weighted by atomic mass is 10.2. The van der Waals surface area contributed by atoms with Crippen LogP contribution in [0.15, 0.2) is 22.7 Å². The summed E-state index contributed by atoms with van der Waals surface area (Å²) in [6.45, 7) is -0.278. The molecule has 0 heterocycles. The van der Waals surface area contributed by atoms with Crippen molar-refractivity contribution >= 4 is 22.0 Å². The van der Waals surface area contributed by atoms with Crippen molar-refractivity contribution in [2.45, 2.75) is 6.18 Å². The number of nitrogens with one attached hydrogen (secondary N) is 1. The number of carboxylic acid groups (broad SMARTS) is 1. The van der Waals surface area contributed by atoms with E-state index in [0.717, 1.165) is 6.07 Å². The molecule has 0 saturated heterocycles. The normalized spacial score (nSPS) is 11.1. The number of halogens is 4. The molecule has 0 aliphatic rings. The Hall–Kier alpha value is -1.44. The summed E-state index contributed by atoms with van der Waals surface area (Å²) in [5, 5.41) is 10.3. The van der Waals surface area contributed by atoms with E-state index in [1.54, 1.807) is 0 Å². The van der Waals surface area contributed by atoms with Gasteiger partial charge in [0, 0.05) is 4.47 Å². The molecule has 0 radical (unpaired) electrons. The third-order valence-corrected chi connectivity index (χ3v) is 2.38. The summed E-state index contributed by atoms with van der Waals surface area (Å²) in [5.74, 6) is -0.335. The summed E-state index contributed by atoms with van der Waals surface area (Å²) in [5.41, 5.74) is -0.910. The average Bonchev–Trinajstić information content (AvgIpc) is 2.24. The van der Waals surface area contributed by atoms with Crippen molar-refractivity contribution in [3.05, 3.63) is 28.2 Å². The van der Waals surface area contributed by atoms with Crippen LogP contribution in [0.5, 0.6) is 5.75 Å². The van der Waals surface area contributed by atoms with E-state index in [1.807, 2.05) is 5.32 Å². The first-order chi connectivity index (χ1) is 8.30. The molecule has 0 bridgehead atoms. The van der Waals surface area contributed by atoms with Gasteiger partial charge in [-0.05, 0) is 18.2 Å². The first kappa shape index (κ1) is 14.6. The van der Waals surface area contributed by atoms with Gasteiger partial charge < -0.3 is 15.2 Å². The predicted octanol–water partition coefficient (Wildman–Crippen LogP) is 3.11. The third kappa shape index (κ3) is 4.44. The van der Waals surface area contributed by atoms with E-state index in [2.05, 4.69) is 15.9 Å². The first-order valence-electron chi connectivity index (χ1n) is 4.77. The molecule has 8 heteroatoms. The Morgan fingerprint density at radius 1 is 1.44 bits per heavy atom. The van der Waals surface area contributed by atoms with E-state index >= 15 is 0 Å². The van der Waals surface area contributed by atoms with Crippen LogP contribution in [0.25, 0.3) is 0 Å². The van der Waals surface area contributed by atoms with Gasteiger partial charge in [-0.2, -0.15) is 13.2 Å². The number of alkyl halides is 3. The number of amides is 1. The number of benzene rings is 1. The van der Waals surface area contributed by atoms with E-state index in [1.165, 1.54) is 12.1 Å². The van der Waals surface area contributed by atoms with E-state index < -0.39 is 17.8 Å². The molecule has 18 heavy (non-hydrogen) atoms. The summed E-state index contributed by atoms with van der Waals surface area (Å²) in [6.07, 6.45) is -5.79. The van der Waals surface area contributed by atoms with Gasteiger partial charge in [-0.1, -0.05) is 15.9 Å². The fourth-order valence-electron chi connectivity index (χ4n) is 1.17. The number of ether oxygens (including phenoxy) is 1. The second-order valence-corrected chi connectivity index (χ2v) is 4.13. The maximum atomic E-state index is 12.7. The van der Waals surface area contributed by atoms with Crippen LogP contribution in [0.4, 0.5) is 18.0 Å². The topological polar surface area (TPSA) is 58.6 Å². The van der Waals surface area contributed by atoms with Crippen LogP contribution in [0.1, 0.15) is 5.56 Å². The van der Waals surface area contributed by atoms with Crippen molar-refractivity contribution in [1.82, 2.24) is 5.32 Å². The predicted molar refractivity (Wildman–Crippen MR) is 60.7 cm³/mol. The van der Waals surface area contributed by atoms with Crippen LogP contribution in [-0.4, -0.2) is 24.4 Å². The molecule has 1 aromatic carbocycles. The van der Waals surface area contributed by atoms with Gasteiger partial charge in [0.25, 0.3) is 0 Å². The Kier molecular flexibility index (Phi) is 4.83. The molecule has 0 aliphatic heterocycles. The molecule has 100 valence electrons. The van der Waals surface area contributed by atoms with Crippen molar-refractivity contribution in [1.29, 1.82) is 0 Å². The minimum Gasteiger partial charge on any atom is -0.491 e. The van der Waals surface area contributed by atoms with Crippen molar-refractivity contribution in [2.24, 2.45) is 0 Å². The number of carbonyl (C=O) groups is 1. The Labute approximate surface area is 109 Å². The van der Waals surface area contributed by atoms with Crippen LogP contribution in [0.3, 0.4) is 0 Å². The minimum absolute atomic E-state index is 0.0945. The summed E-state index contributed by atoms with van der Waals surface area (Å²) in [4.78, 5) is 10.1. The Balaban J connectivity index is 2.73. The van der Waals surface area contributed by atoms with Crippen molar-refractivity contribution in [3.8, 4) is 5.75 Å². The SMILES string of the molecule is O=C(O)NCCOc1ccc(Br)cc1C(F)(F)F. The summed E-state index contributed by atoms with van der Waals surface area (Å²) in [6, 6.07) is 3.49. The third-order valence-electron chi connectivity index (χ3n) is 1.88. The molecule has 2 N–H and O–H groups in total. The zero-order chi connectivity index (χ0) is 13.8. The minimum atomic E-state index is -4.53. The van der Waals surface area contributed by atoms with E-state index in [0.29, 0.717) is 0 Å². The van der Waals surface area contributed by atoms with Crippen molar-refractivity contribution in [2.75, 3.05) is 13.2 Å². The molecular weight excluding hydrogens is 319 g/mol. The molecule has 0 aliphatic carbocycles. The molecule has 4 nitrogen and oxygen atoms in total. The van der Waals surface area contributed by atoms with Crippen molar-refractivity contribution < 1.29 is 27.8 Å². The molecule has 0 aromatic heterocycles. The molecule has 0 spiro atoms. The summed E-state index contributed by atoms with van der Waals surface area (Å²) < 4.78 is 43.2. The first-order valence-corrected chi connectivity index (χ1v) is 5.56. The molecule has 1 amide bonds. The molecule has 1 rings (SSSR count). The molecule has 1 aromatic rings. The monoisotopic (exact) mass is 327 g/mol. The quantitative estimate of drug-likeness (QED) is 0.835. The standard InChI is InChI=1S/C10H9BrF3NO3/c11-6-1-2-8(7(5-6)10(12,13)14)18-4-3-15-9(16)17/h1-2,5,15H,3-4H2,(H,16,17). The molecule has 0 fully saturated rings. The van der Waals surface area contributed by atoms with Gasteiger partial charge in [-0.25, -0.2) is 4.79 Å². The zero-order valence-electron chi connectivity index (χ0n) is 8.92. The van der Waals surface area contributed by atoms with Crippen LogP contribution >= 0.6 is 15.9 Å². The van der Waals surface area contributed by atoms with Crippen LogP contribution in [-0.2, 0) is 6.18 Å². The van der Waals surface area contributed by atoms with Gasteiger partial charge in [-0.15, -0.1) is 0 Å². The van der Waals surface area contributed by atoms with E-state index in [9.17, 15) is 18.0 Å². The Morgan fingerprint density at radius 3 is 2.67 bits per heavy atom. The van der Waals surface area contributed by atoms with E-state index in [-0.39, 0.29) is 23.4 Å². The summed E-state index contributed by atoms with van der Waals surface area (Å²) in [7, 11) is 0. The second kappa shape index (κ2) is 5.94. The van der Waals surface area contributed by atoms with Crippen LogP contribution < -0.4 is 10.1 Å². The average molecular weight is 328 g/mol. The van der Waals surface area contributed by atoms with Gasteiger partial charge in [0.1, 0.15) is 12.4 Å². The largest absolute Gasteiger partial charge is 0.491 e. The van der Waals surface area contributed by atoms with Gasteiger partial charge in [0.15, 0.2) is 0 Å². The maximum absolute atomic E-state index is 12.7. The Morgan fingerprint density at radius 2 is 2.11 bits per heavy atom.